The van der Waals surface area contributed by atoms with Crippen molar-refractivity contribution in [2.75, 3.05) is 0 Å². The summed E-state index contributed by atoms with van der Waals surface area (Å²) in [4.78, 5) is 21.6. The molecule has 0 radical (unpaired) electrons. The Balaban J connectivity index is 2.75. The smallest absolute Gasteiger partial charge is 0.305 e. The molecule has 0 saturated heterocycles. The summed E-state index contributed by atoms with van der Waals surface area (Å²) in [6, 6.07) is 6.47. The molecule has 0 aliphatic carbocycles. The van der Waals surface area contributed by atoms with Crippen LogP contribution in [0.15, 0.2) is 30.3 Å². The van der Waals surface area contributed by atoms with E-state index >= 15 is 0 Å². The Morgan fingerprint density at radius 2 is 1.83 bits per heavy atom. The maximum absolute atomic E-state index is 10.8. The van der Waals surface area contributed by atoms with Gasteiger partial charge in [0.05, 0.1) is 0 Å². The lowest BCUT2D eigenvalue weighted by Gasteiger charge is -2.12. The topological polar surface area (TPSA) is 72.8 Å². The summed E-state index contributed by atoms with van der Waals surface area (Å²) in [5.74, 6) is -0.989. The van der Waals surface area contributed by atoms with Crippen molar-refractivity contribution < 1.29 is 24.2 Å². The van der Waals surface area contributed by atoms with Crippen molar-refractivity contribution in [3.05, 3.63) is 35.9 Å². The van der Waals surface area contributed by atoms with Crippen LogP contribution in [0.4, 0.5) is 0 Å². The van der Waals surface area contributed by atoms with Crippen LogP contribution in [0.3, 0.4) is 0 Å². The zero-order valence-electron chi connectivity index (χ0n) is 10.1. The van der Waals surface area contributed by atoms with Crippen molar-refractivity contribution in [1.82, 2.24) is 0 Å². The van der Waals surface area contributed by atoms with Gasteiger partial charge in [-0.05, 0) is 23.8 Å². The first kappa shape index (κ1) is 13.8. The zero-order valence-corrected chi connectivity index (χ0v) is 10.1. The zero-order chi connectivity index (χ0) is 13.5. The van der Waals surface area contributed by atoms with Crippen molar-refractivity contribution in [2.45, 2.75) is 20.1 Å². The number of carbonyl (C=O) groups excluding carboxylic acids is 2. The molecule has 5 nitrogen and oxygen atoms in total. The van der Waals surface area contributed by atoms with Crippen molar-refractivity contribution in [2.24, 2.45) is 0 Å². The summed E-state index contributed by atoms with van der Waals surface area (Å²) in [5.41, 5.74) is 0.694. The molecule has 96 valence electrons. The van der Waals surface area contributed by atoms with Crippen LogP contribution in [0.1, 0.15) is 19.4 Å². The molecule has 0 amide bonds. The molecule has 0 heterocycles. The summed E-state index contributed by atoms with van der Waals surface area (Å²) >= 11 is 0. The van der Waals surface area contributed by atoms with Crippen LogP contribution >= 0.6 is 0 Å². The Kier molecular flexibility index (Phi) is 4.92. The van der Waals surface area contributed by atoms with E-state index in [1.54, 1.807) is 18.2 Å². The molecule has 0 spiro atoms. The summed E-state index contributed by atoms with van der Waals surface area (Å²) in [6.07, 6.45) is 1.93. The largest absolute Gasteiger partial charge is 0.508 e. The van der Waals surface area contributed by atoms with E-state index < -0.39 is 18.2 Å². The number of ether oxygens (including phenoxy) is 2. The molecule has 0 saturated carbocycles. The Hall–Kier alpha value is -2.30. The van der Waals surface area contributed by atoms with Gasteiger partial charge in [-0.25, -0.2) is 0 Å². The van der Waals surface area contributed by atoms with Gasteiger partial charge in [-0.3, -0.25) is 9.59 Å². The molecule has 1 aromatic carbocycles. The van der Waals surface area contributed by atoms with E-state index in [9.17, 15) is 14.7 Å². The predicted molar refractivity (Wildman–Crippen MR) is 64.5 cm³/mol. The predicted octanol–water partition coefficient (Wildman–Crippen LogP) is 1.86. The fourth-order valence-electron chi connectivity index (χ4n) is 1.25. The Labute approximate surface area is 105 Å². The van der Waals surface area contributed by atoms with Crippen molar-refractivity contribution >= 4 is 18.0 Å². The average Bonchev–Trinajstić information content (AvgIpc) is 2.24. The quantitative estimate of drug-likeness (QED) is 0.652. The number of phenols is 1. The monoisotopic (exact) mass is 250 g/mol. The number of carbonyl (C=O) groups is 2. The Morgan fingerprint density at radius 1 is 1.22 bits per heavy atom. The molecule has 1 N–H and O–H groups in total. The fourth-order valence-corrected chi connectivity index (χ4v) is 1.25. The van der Waals surface area contributed by atoms with Crippen LogP contribution in [-0.2, 0) is 19.1 Å². The van der Waals surface area contributed by atoms with Gasteiger partial charge in [0.1, 0.15) is 5.75 Å². The second-order valence-corrected chi connectivity index (χ2v) is 3.54. The van der Waals surface area contributed by atoms with Crippen LogP contribution < -0.4 is 0 Å². The molecule has 0 aliphatic heterocycles. The van der Waals surface area contributed by atoms with Gasteiger partial charge in [-0.15, -0.1) is 0 Å². The summed E-state index contributed by atoms with van der Waals surface area (Å²) in [6.45, 7) is 2.44. The Morgan fingerprint density at radius 3 is 2.33 bits per heavy atom. The minimum atomic E-state index is -1.07. The standard InChI is InChI=1S/C13H14O5/c1-9(14)17-13(18-10(2)15)7-6-11-4-3-5-12(16)8-11/h3-8,13,16H,1-2H3/b7-6+. The molecule has 0 unspecified atom stereocenters. The molecule has 0 bridgehead atoms. The first-order valence-corrected chi connectivity index (χ1v) is 5.29. The molecule has 5 heteroatoms. The van der Waals surface area contributed by atoms with Gasteiger partial charge in [-0.1, -0.05) is 18.2 Å². The molecule has 0 aliphatic rings. The number of aromatic hydroxyl groups is 1. The fraction of sp³-hybridized carbons (Fsp3) is 0.231. The molecule has 18 heavy (non-hydrogen) atoms. The normalized spacial score (nSPS) is 10.6. The van der Waals surface area contributed by atoms with Gasteiger partial charge in [0.15, 0.2) is 0 Å². The van der Waals surface area contributed by atoms with E-state index in [0.717, 1.165) is 0 Å². The third kappa shape index (κ3) is 5.16. The SMILES string of the molecule is CC(=O)OC(/C=C/c1cccc(O)c1)OC(C)=O. The van der Waals surface area contributed by atoms with Crippen molar-refractivity contribution in [3.63, 3.8) is 0 Å². The molecule has 0 fully saturated rings. The molecular formula is C13H14O5. The number of esters is 2. The number of rotatable bonds is 4. The highest BCUT2D eigenvalue weighted by molar-refractivity contribution is 5.69. The summed E-state index contributed by atoms with van der Waals surface area (Å²) in [7, 11) is 0. The maximum Gasteiger partial charge on any atom is 0.305 e. The Bertz CT molecular complexity index is 448. The minimum Gasteiger partial charge on any atom is -0.508 e. The first-order chi connectivity index (χ1) is 8.47. The molecule has 1 aromatic rings. The average molecular weight is 250 g/mol. The third-order valence-corrected chi connectivity index (χ3v) is 1.88. The number of benzene rings is 1. The molecular weight excluding hydrogens is 236 g/mol. The van der Waals surface area contributed by atoms with Crippen LogP contribution in [0.25, 0.3) is 6.08 Å². The summed E-state index contributed by atoms with van der Waals surface area (Å²) in [5, 5.41) is 9.26. The highest BCUT2D eigenvalue weighted by atomic mass is 16.7. The van der Waals surface area contributed by atoms with E-state index in [1.807, 2.05) is 0 Å². The lowest BCUT2D eigenvalue weighted by atomic mass is 10.2. The number of hydrogen-bond donors (Lipinski definition) is 1. The van der Waals surface area contributed by atoms with Gasteiger partial charge in [0.25, 0.3) is 6.29 Å². The van der Waals surface area contributed by atoms with Crippen LogP contribution in [0.2, 0.25) is 0 Å². The lowest BCUT2D eigenvalue weighted by molar-refractivity contribution is -0.176. The minimum absolute atomic E-state index is 0.119. The van der Waals surface area contributed by atoms with E-state index in [4.69, 9.17) is 9.47 Å². The van der Waals surface area contributed by atoms with Crippen LogP contribution in [-0.4, -0.2) is 23.3 Å². The van der Waals surface area contributed by atoms with E-state index in [1.165, 1.54) is 32.1 Å². The van der Waals surface area contributed by atoms with Crippen LogP contribution in [0.5, 0.6) is 5.75 Å². The molecule has 1 rings (SSSR count). The maximum atomic E-state index is 10.8. The van der Waals surface area contributed by atoms with E-state index in [-0.39, 0.29) is 5.75 Å². The number of hydrogen-bond acceptors (Lipinski definition) is 5. The molecule has 0 aromatic heterocycles. The lowest BCUT2D eigenvalue weighted by Crippen LogP contribution is -2.19. The molecule has 0 atom stereocenters. The van der Waals surface area contributed by atoms with E-state index in [2.05, 4.69) is 0 Å². The van der Waals surface area contributed by atoms with Crippen molar-refractivity contribution in [3.8, 4) is 5.75 Å². The second kappa shape index (κ2) is 6.44. The van der Waals surface area contributed by atoms with Gasteiger partial charge in [0, 0.05) is 13.8 Å². The second-order valence-electron chi connectivity index (χ2n) is 3.54. The van der Waals surface area contributed by atoms with Gasteiger partial charge < -0.3 is 14.6 Å². The third-order valence-electron chi connectivity index (χ3n) is 1.88. The highest BCUT2D eigenvalue weighted by Gasteiger charge is 2.10. The van der Waals surface area contributed by atoms with E-state index in [0.29, 0.717) is 5.56 Å². The van der Waals surface area contributed by atoms with Gasteiger partial charge in [0.2, 0.25) is 0 Å². The first-order valence-electron chi connectivity index (χ1n) is 5.29. The van der Waals surface area contributed by atoms with Crippen molar-refractivity contribution in [1.29, 1.82) is 0 Å². The summed E-state index contributed by atoms with van der Waals surface area (Å²) < 4.78 is 9.56. The van der Waals surface area contributed by atoms with Gasteiger partial charge in [-0.2, -0.15) is 0 Å². The van der Waals surface area contributed by atoms with Crippen LogP contribution in [0, 0.1) is 0 Å². The highest BCUT2D eigenvalue weighted by Crippen LogP contribution is 2.13. The van der Waals surface area contributed by atoms with Gasteiger partial charge >= 0.3 is 11.9 Å². The number of phenolic OH excluding ortho intramolecular Hbond substituents is 1.